The number of benzene rings is 2. The van der Waals surface area contributed by atoms with Crippen LogP contribution in [0.25, 0.3) is 5.57 Å². The fraction of sp³-hybridized carbons (Fsp3) is 0.231. The van der Waals surface area contributed by atoms with Crippen molar-refractivity contribution in [1.82, 2.24) is 0 Å². The molecule has 4 aliphatic rings. The van der Waals surface area contributed by atoms with Crippen LogP contribution in [-0.2, 0) is 5.41 Å². The third-order valence-electron chi connectivity index (χ3n) is 6.63. The van der Waals surface area contributed by atoms with Gasteiger partial charge >= 0.3 is 0 Å². The first kappa shape index (κ1) is 17.2. The van der Waals surface area contributed by atoms with Gasteiger partial charge in [0.15, 0.2) is 0 Å². The minimum Gasteiger partial charge on any atom is -0.485 e. The van der Waals surface area contributed by atoms with Crippen molar-refractivity contribution in [3.8, 4) is 5.75 Å². The van der Waals surface area contributed by atoms with E-state index in [1.165, 1.54) is 21.6 Å². The van der Waals surface area contributed by atoms with E-state index in [1.807, 2.05) is 11.8 Å². The lowest BCUT2D eigenvalue weighted by atomic mass is 9.77. The molecule has 2 aliphatic carbocycles. The summed E-state index contributed by atoms with van der Waals surface area (Å²) in [6.07, 6.45) is 14.3. The Bertz CT molecular complexity index is 1160. The molecule has 3 heteroatoms. The average molecular weight is 398 g/mol. The number of hydrogen-bond acceptors (Lipinski definition) is 3. The van der Waals surface area contributed by atoms with Crippen LogP contribution in [-0.4, -0.2) is 10.9 Å². The molecule has 0 aromatic heterocycles. The number of nitrogens with one attached hydrogen (secondary N) is 1. The predicted molar refractivity (Wildman–Crippen MR) is 121 cm³/mol. The van der Waals surface area contributed by atoms with E-state index >= 15 is 0 Å². The second kappa shape index (κ2) is 5.93. The molecule has 1 N–H and O–H groups in total. The van der Waals surface area contributed by atoms with Crippen molar-refractivity contribution in [3.05, 3.63) is 95.7 Å². The van der Waals surface area contributed by atoms with Crippen molar-refractivity contribution in [2.45, 2.75) is 41.4 Å². The summed E-state index contributed by atoms with van der Waals surface area (Å²) in [5.41, 5.74) is 6.23. The van der Waals surface area contributed by atoms with Crippen LogP contribution < -0.4 is 10.1 Å². The Morgan fingerprint density at radius 1 is 1.10 bits per heavy atom. The molecule has 0 bridgehead atoms. The largest absolute Gasteiger partial charge is 0.485 e. The summed E-state index contributed by atoms with van der Waals surface area (Å²) in [4.78, 5) is 1.39. The molecule has 3 unspecified atom stereocenters. The van der Waals surface area contributed by atoms with Gasteiger partial charge in [0.1, 0.15) is 11.9 Å². The Morgan fingerprint density at radius 3 is 2.93 bits per heavy atom. The second-order valence-corrected chi connectivity index (χ2v) is 10.2. The Hall–Kier alpha value is -2.65. The number of rotatable bonds is 2. The van der Waals surface area contributed by atoms with Crippen molar-refractivity contribution in [2.24, 2.45) is 0 Å². The first-order valence-electron chi connectivity index (χ1n) is 10.2. The number of ether oxygens (including phenoxy) is 1. The SMILES string of the molecule is CC12CC=C(Nc3ccc4c(c3)OC3C=CC=CC43C)C=C1c1ccccc1S2. The molecule has 2 aromatic carbocycles. The van der Waals surface area contributed by atoms with Crippen LogP contribution in [0, 0.1) is 0 Å². The zero-order valence-corrected chi connectivity index (χ0v) is 17.4. The van der Waals surface area contributed by atoms with Gasteiger partial charge in [-0.25, -0.2) is 0 Å². The molecule has 29 heavy (non-hydrogen) atoms. The van der Waals surface area contributed by atoms with Gasteiger partial charge in [-0.1, -0.05) is 48.6 Å². The summed E-state index contributed by atoms with van der Waals surface area (Å²) in [6, 6.07) is 15.3. The third kappa shape index (κ3) is 2.50. The van der Waals surface area contributed by atoms with Gasteiger partial charge in [0, 0.05) is 32.7 Å². The van der Waals surface area contributed by atoms with Gasteiger partial charge in [-0.3, -0.25) is 0 Å². The molecule has 2 nitrogen and oxygen atoms in total. The Labute approximate surface area is 176 Å². The lowest BCUT2D eigenvalue weighted by molar-refractivity contribution is 0.228. The zero-order chi connectivity index (χ0) is 19.6. The average Bonchev–Trinajstić information content (AvgIpc) is 3.18. The molecule has 3 atom stereocenters. The number of allylic oxidation sites excluding steroid dienone is 4. The van der Waals surface area contributed by atoms with E-state index in [9.17, 15) is 0 Å². The highest BCUT2D eigenvalue weighted by Crippen LogP contribution is 2.56. The van der Waals surface area contributed by atoms with Gasteiger partial charge in [0.25, 0.3) is 0 Å². The van der Waals surface area contributed by atoms with Gasteiger partial charge < -0.3 is 10.1 Å². The Morgan fingerprint density at radius 2 is 2.00 bits per heavy atom. The Kier molecular flexibility index (Phi) is 3.52. The summed E-state index contributed by atoms with van der Waals surface area (Å²) in [5, 5.41) is 3.62. The fourth-order valence-corrected chi connectivity index (χ4v) is 6.28. The van der Waals surface area contributed by atoms with Gasteiger partial charge in [0.05, 0.1) is 5.41 Å². The molecule has 144 valence electrons. The summed E-state index contributed by atoms with van der Waals surface area (Å²) < 4.78 is 6.40. The zero-order valence-electron chi connectivity index (χ0n) is 16.6. The molecule has 2 aliphatic heterocycles. The molecular weight excluding hydrogens is 374 g/mol. The van der Waals surface area contributed by atoms with Crippen LogP contribution >= 0.6 is 11.8 Å². The monoisotopic (exact) mass is 397 g/mol. The lowest BCUT2D eigenvalue weighted by Crippen LogP contribution is -2.32. The van der Waals surface area contributed by atoms with Crippen LogP contribution in [0.4, 0.5) is 5.69 Å². The van der Waals surface area contributed by atoms with Crippen molar-refractivity contribution in [3.63, 3.8) is 0 Å². The van der Waals surface area contributed by atoms with Crippen molar-refractivity contribution in [1.29, 1.82) is 0 Å². The maximum atomic E-state index is 6.26. The Balaban J connectivity index is 1.31. The topological polar surface area (TPSA) is 21.3 Å². The van der Waals surface area contributed by atoms with E-state index in [2.05, 4.69) is 98.1 Å². The highest BCUT2D eigenvalue weighted by atomic mass is 32.2. The molecule has 2 heterocycles. The van der Waals surface area contributed by atoms with Crippen LogP contribution in [0.2, 0.25) is 0 Å². The highest BCUT2D eigenvalue weighted by Gasteiger charge is 2.43. The number of fused-ring (bicyclic) bond motifs is 6. The second-order valence-electron chi connectivity index (χ2n) is 8.65. The van der Waals surface area contributed by atoms with Gasteiger partial charge in [0.2, 0.25) is 0 Å². The van der Waals surface area contributed by atoms with Crippen LogP contribution in [0.1, 0.15) is 31.4 Å². The summed E-state index contributed by atoms with van der Waals surface area (Å²) >= 11 is 1.98. The molecule has 0 spiro atoms. The molecule has 0 saturated heterocycles. The fourth-order valence-electron chi connectivity index (χ4n) is 4.92. The van der Waals surface area contributed by atoms with E-state index in [0.717, 1.165) is 23.6 Å². The van der Waals surface area contributed by atoms with Crippen LogP contribution in [0.5, 0.6) is 5.75 Å². The number of thioether (sulfide) groups is 1. The van der Waals surface area contributed by atoms with E-state index in [-0.39, 0.29) is 16.3 Å². The molecule has 6 rings (SSSR count). The molecule has 0 fully saturated rings. The predicted octanol–water partition coefficient (Wildman–Crippen LogP) is 6.48. The number of hydrogen-bond donors (Lipinski definition) is 1. The van der Waals surface area contributed by atoms with Crippen molar-refractivity contribution >= 4 is 23.0 Å². The van der Waals surface area contributed by atoms with Crippen LogP contribution in [0.15, 0.2) is 89.5 Å². The van der Waals surface area contributed by atoms with E-state index in [0.29, 0.717) is 0 Å². The smallest absolute Gasteiger partial charge is 0.130 e. The van der Waals surface area contributed by atoms with Gasteiger partial charge in [-0.05, 0) is 55.7 Å². The van der Waals surface area contributed by atoms with E-state index < -0.39 is 0 Å². The van der Waals surface area contributed by atoms with Gasteiger partial charge in [-0.2, -0.15) is 0 Å². The first-order chi connectivity index (χ1) is 14.1. The van der Waals surface area contributed by atoms with E-state index in [4.69, 9.17) is 4.74 Å². The van der Waals surface area contributed by atoms with Crippen molar-refractivity contribution < 1.29 is 4.74 Å². The standard InChI is InChI=1S/C26H23NOS/c1-25-13-6-5-9-24(25)28-22-16-17(10-11-20(22)25)27-18-12-14-26(2)21(15-18)19-7-3-4-8-23(19)29-26/h3-13,15-16,24,27H,14H2,1-2H3. The first-order valence-corrected chi connectivity index (χ1v) is 11.0. The molecule has 0 saturated carbocycles. The third-order valence-corrected chi connectivity index (χ3v) is 8.04. The summed E-state index contributed by atoms with van der Waals surface area (Å²) in [7, 11) is 0. The quantitative estimate of drug-likeness (QED) is 0.627. The summed E-state index contributed by atoms with van der Waals surface area (Å²) in [5.74, 6) is 0.981. The van der Waals surface area contributed by atoms with Crippen molar-refractivity contribution in [2.75, 3.05) is 5.32 Å². The van der Waals surface area contributed by atoms with Crippen LogP contribution in [0.3, 0.4) is 0 Å². The summed E-state index contributed by atoms with van der Waals surface area (Å²) in [6.45, 7) is 4.60. The maximum absolute atomic E-state index is 6.26. The molecule has 2 aromatic rings. The normalized spacial score (nSPS) is 30.5. The minimum atomic E-state index is -0.0682. The number of anilines is 1. The minimum absolute atomic E-state index is 0.0682. The van der Waals surface area contributed by atoms with E-state index in [1.54, 1.807) is 0 Å². The highest BCUT2D eigenvalue weighted by molar-refractivity contribution is 8.01. The maximum Gasteiger partial charge on any atom is 0.130 e. The molecule has 0 amide bonds. The lowest BCUT2D eigenvalue weighted by Gasteiger charge is -2.28. The van der Waals surface area contributed by atoms with Gasteiger partial charge in [-0.15, -0.1) is 11.8 Å². The molecule has 0 radical (unpaired) electrons. The molecular formula is C26H23NOS.